The van der Waals surface area contributed by atoms with E-state index in [1.807, 2.05) is 0 Å². The zero-order valence-corrected chi connectivity index (χ0v) is 23.9. The standard InChI is InChI=1S/C30H44OSi2/c1-29(2,3)33(25-14-10-8-11-15-25,26-16-12-9-13-17-26)21-23-18-27-24(22-32(5,6)7)20-30(4,19-23)28(27)31/h8-17,23-24,27H,18-22H2,1-7H3. The summed E-state index contributed by atoms with van der Waals surface area (Å²) in [5.41, 5.74) is -0.0939. The lowest BCUT2D eigenvalue weighted by atomic mass is 9.71. The van der Waals surface area contributed by atoms with Gasteiger partial charge in [0, 0.05) is 19.4 Å². The predicted molar refractivity (Wildman–Crippen MR) is 148 cm³/mol. The summed E-state index contributed by atoms with van der Waals surface area (Å²) in [5, 5.41) is 3.29. The summed E-state index contributed by atoms with van der Waals surface area (Å²) in [6.07, 6.45) is 3.35. The molecule has 2 saturated carbocycles. The van der Waals surface area contributed by atoms with E-state index in [4.69, 9.17) is 0 Å². The highest BCUT2D eigenvalue weighted by Gasteiger charge is 2.57. The first-order chi connectivity index (χ1) is 15.4. The zero-order valence-electron chi connectivity index (χ0n) is 21.9. The summed E-state index contributed by atoms with van der Waals surface area (Å²) in [5.74, 6) is 2.16. The second-order valence-electron chi connectivity index (χ2n) is 13.7. The number of hydrogen-bond donors (Lipinski definition) is 0. The summed E-state index contributed by atoms with van der Waals surface area (Å²) < 4.78 is 0. The first-order valence-electron chi connectivity index (χ1n) is 13.0. The minimum absolute atomic E-state index is 0.0939. The smallest absolute Gasteiger partial charge is 0.142 e. The van der Waals surface area contributed by atoms with Crippen molar-refractivity contribution in [3.05, 3.63) is 60.7 Å². The van der Waals surface area contributed by atoms with Crippen LogP contribution in [0.4, 0.5) is 0 Å². The second-order valence-corrected chi connectivity index (χ2v) is 24.1. The van der Waals surface area contributed by atoms with Crippen LogP contribution < -0.4 is 10.4 Å². The third-order valence-corrected chi connectivity index (χ3v) is 17.0. The van der Waals surface area contributed by atoms with Gasteiger partial charge in [0.2, 0.25) is 0 Å². The summed E-state index contributed by atoms with van der Waals surface area (Å²) >= 11 is 0. The van der Waals surface area contributed by atoms with E-state index in [9.17, 15) is 4.79 Å². The van der Waals surface area contributed by atoms with Gasteiger partial charge in [-0.1, -0.05) is 124 Å². The molecule has 0 heterocycles. The van der Waals surface area contributed by atoms with Gasteiger partial charge in [0.1, 0.15) is 13.9 Å². The molecule has 4 unspecified atom stereocenters. The molecule has 1 nitrogen and oxygen atoms in total. The maximum atomic E-state index is 13.5. The van der Waals surface area contributed by atoms with Crippen LogP contribution in [0.25, 0.3) is 0 Å². The molecule has 3 heteroatoms. The number of carbonyl (C=O) groups excluding carboxylic acids is 1. The van der Waals surface area contributed by atoms with E-state index in [0.29, 0.717) is 23.5 Å². The minimum atomic E-state index is -2.09. The molecule has 0 aromatic heterocycles. The molecule has 0 aliphatic heterocycles. The first-order valence-corrected chi connectivity index (χ1v) is 18.9. The molecule has 178 valence electrons. The molecule has 0 N–H and O–H groups in total. The number of hydrogen-bond acceptors (Lipinski definition) is 1. The number of benzene rings is 2. The lowest BCUT2D eigenvalue weighted by molar-refractivity contribution is -0.132. The molecule has 4 rings (SSSR count). The number of carbonyl (C=O) groups is 1. The Hall–Kier alpha value is -1.46. The fourth-order valence-electron chi connectivity index (χ4n) is 7.66. The Morgan fingerprint density at radius 1 is 0.848 bits per heavy atom. The van der Waals surface area contributed by atoms with Gasteiger partial charge in [-0.2, -0.15) is 0 Å². The number of Topliss-reactive ketones (excluding diaryl/α,β-unsaturated/α-hetero) is 1. The topological polar surface area (TPSA) is 17.1 Å². The van der Waals surface area contributed by atoms with Gasteiger partial charge in [-0.05, 0) is 42.2 Å². The largest absolute Gasteiger partial charge is 0.299 e. The lowest BCUT2D eigenvalue weighted by Gasteiger charge is -2.48. The maximum Gasteiger partial charge on any atom is 0.142 e. The third kappa shape index (κ3) is 4.60. The second kappa shape index (κ2) is 8.64. The van der Waals surface area contributed by atoms with Crippen LogP contribution in [0.2, 0.25) is 36.8 Å². The van der Waals surface area contributed by atoms with Crippen molar-refractivity contribution in [3.63, 3.8) is 0 Å². The average molecular weight is 477 g/mol. The Kier molecular flexibility index (Phi) is 6.46. The van der Waals surface area contributed by atoms with E-state index >= 15 is 0 Å². The fraction of sp³-hybridized carbons (Fsp3) is 0.567. The SMILES string of the molecule is CC12CC(C[Si](c3ccccc3)(c3ccccc3)C(C)(C)C)CC(C1=O)C(C[Si](C)(C)C)C2. The van der Waals surface area contributed by atoms with E-state index in [-0.39, 0.29) is 10.5 Å². The summed E-state index contributed by atoms with van der Waals surface area (Å²) in [4.78, 5) is 13.5. The molecule has 2 aromatic carbocycles. The predicted octanol–water partition coefficient (Wildman–Crippen LogP) is 7.01. The molecule has 2 aliphatic rings. The Balaban J connectivity index is 1.75. The van der Waals surface area contributed by atoms with Crippen molar-refractivity contribution in [1.29, 1.82) is 0 Å². The van der Waals surface area contributed by atoms with E-state index in [0.717, 1.165) is 19.3 Å². The third-order valence-electron chi connectivity index (χ3n) is 8.82. The minimum Gasteiger partial charge on any atom is -0.299 e. The average Bonchev–Trinajstić information content (AvgIpc) is 2.86. The van der Waals surface area contributed by atoms with Gasteiger partial charge in [-0.25, -0.2) is 0 Å². The van der Waals surface area contributed by atoms with Gasteiger partial charge in [0.15, 0.2) is 0 Å². The van der Waals surface area contributed by atoms with E-state index in [2.05, 4.69) is 108 Å². The van der Waals surface area contributed by atoms with Crippen LogP contribution in [0.15, 0.2) is 60.7 Å². The van der Waals surface area contributed by atoms with Gasteiger partial charge in [0.05, 0.1) is 0 Å². The Morgan fingerprint density at radius 2 is 1.36 bits per heavy atom. The molecule has 4 atom stereocenters. The Morgan fingerprint density at radius 3 is 1.82 bits per heavy atom. The van der Waals surface area contributed by atoms with E-state index in [1.165, 1.54) is 12.1 Å². The number of rotatable bonds is 6. The molecule has 2 fully saturated rings. The quantitative estimate of drug-likeness (QED) is 0.410. The summed E-state index contributed by atoms with van der Waals surface area (Å²) in [6.45, 7) is 17.1. The number of fused-ring (bicyclic) bond motifs is 2. The van der Waals surface area contributed by atoms with Crippen LogP contribution >= 0.6 is 0 Å². The van der Waals surface area contributed by atoms with Crippen LogP contribution in [0.3, 0.4) is 0 Å². The molecular formula is C30H44OSi2. The highest BCUT2D eigenvalue weighted by atomic mass is 28.3. The van der Waals surface area contributed by atoms with Crippen molar-refractivity contribution < 1.29 is 4.79 Å². The van der Waals surface area contributed by atoms with Gasteiger partial charge >= 0.3 is 0 Å². The summed E-state index contributed by atoms with van der Waals surface area (Å²) in [7, 11) is -3.29. The van der Waals surface area contributed by atoms with Crippen molar-refractivity contribution >= 4 is 32.3 Å². The van der Waals surface area contributed by atoms with Gasteiger partial charge in [0.25, 0.3) is 0 Å². The molecule has 0 spiro atoms. The molecule has 2 aromatic rings. The van der Waals surface area contributed by atoms with E-state index in [1.54, 1.807) is 10.4 Å². The molecule has 33 heavy (non-hydrogen) atoms. The number of ketones is 1. The van der Waals surface area contributed by atoms with Crippen LogP contribution in [0.1, 0.15) is 47.0 Å². The summed E-state index contributed by atoms with van der Waals surface area (Å²) in [6, 6.07) is 25.3. The van der Waals surface area contributed by atoms with Gasteiger partial charge < -0.3 is 0 Å². The molecule has 0 radical (unpaired) electrons. The Labute approximate surface area is 204 Å². The fourth-order valence-corrected chi connectivity index (χ4v) is 15.5. The lowest BCUT2D eigenvalue weighted by Crippen LogP contribution is -2.65. The van der Waals surface area contributed by atoms with Crippen LogP contribution in [-0.2, 0) is 4.79 Å². The Bertz CT molecular complexity index is 930. The van der Waals surface area contributed by atoms with Crippen LogP contribution in [-0.4, -0.2) is 21.9 Å². The van der Waals surface area contributed by atoms with Gasteiger partial charge in [-0.15, -0.1) is 0 Å². The monoisotopic (exact) mass is 476 g/mol. The van der Waals surface area contributed by atoms with Crippen molar-refractivity contribution in [2.45, 2.75) is 83.7 Å². The van der Waals surface area contributed by atoms with Crippen molar-refractivity contribution in [3.8, 4) is 0 Å². The first kappa shape index (κ1) is 24.7. The normalized spacial score (nSPS) is 28.2. The van der Waals surface area contributed by atoms with Crippen molar-refractivity contribution in [2.24, 2.45) is 23.2 Å². The molecule has 0 amide bonds. The van der Waals surface area contributed by atoms with Crippen LogP contribution in [0, 0.1) is 23.2 Å². The highest BCUT2D eigenvalue weighted by Crippen LogP contribution is 2.57. The van der Waals surface area contributed by atoms with Crippen molar-refractivity contribution in [2.75, 3.05) is 0 Å². The zero-order chi connectivity index (χ0) is 24.1. The van der Waals surface area contributed by atoms with Crippen molar-refractivity contribution in [1.82, 2.24) is 0 Å². The molecule has 2 aliphatic carbocycles. The highest BCUT2D eigenvalue weighted by molar-refractivity contribution is 7.04. The van der Waals surface area contributed by atoms with E-state index < -0.39 is 16.1 Å². The molecule has 2 bridgehead atoms. The molecule has 0 saturated heterocycles. The van der Waals surface area contributed by atoms with Crippen LogP contribution in [0.5, 0.6) is 0 Å². The molecular weight excluding hydrogens is 433 g/mol. The maximum absolute atomic E-state index is 13.5. The van der Waals surface area contributed by atoms with Gasteiger partial charge in [-0.3, -0.25) is 4.79 Å².